The molecule has 1 fully saturated rings. The van der Waals surface area contributed by atoms with E-state index >= 15 is 0 Å². The quantitative estimate of drug-likeness (QED) is 0.0361. The molecular weight excluding hydrogens is 794 g/mol. The van der Waals surface area contributed by atoms with Crippen molar-refractivity contribution in [3.63, 3.8) is 0 Å². The lowest BCUT2D eigenvalue weighted by molar-refractivity contribution is -0.146. The molecule has 1 aliphatic rings. The van der Waals surface area contributed by atoms with Gasteiger partial charge in [0.25, 0.3) is 0 Å². The number of aliphatic carboxylic acids is 1. The van der Waals surface area contributed by atoms with E-state index in [4.69, 9.17) is 22.3 Å². The maximum Gasteiger partial charge on any atom is 0.305 e. The summed E-state index contributed by atoms with van der Waals surface area (Å²) in [5.74, 6) is -11.3. The Bertz CT molecular complexity index is 1590. The zero-order chi connectivity index (χ0) is 45.9. The van der Waals surface area contributed by atoms with Crippen LogP contribution in [-0.2, 0) is 52.7 Å². The van der Waals surface area contributed by atoms with Crippen molar-refractivity contribution in [3.8, 4) is 0 Å². The summed E-state index contributed by atoms with van der Waals surface area (Å²) in [6, 6.07) is -9.91. The van der Waals surface area contributed by atoms with Gasteiger partial charge >= 0.3 is 5.97 Å². The SMILES string of the molecule is CC[C@H](C)[C@H](NC(=O)[C@@H](N)CC(N)=O)C(=O)N[C@@H](CC(=O)O)C(=O)N1CCC[C@H]1C(=O)N[C@@H](CC(N)=O)C(=O)N[C@@H](C)C(=O)N[C@H](C(=O)NCC(=O)NCCCO)C(C)C. The number of nitrogens with one attached hydrogen (secondary N) is 7. The normalized spacial score (nSPS) is 17.0. The second-order valence-corrected chi connectivity index (χ2v) is 14.8. The molecule has 0 aromatic carbocycles. The summed E-state index contributed by atoms with van der Waals surface area (Å²) >= 11 is 0. The topological polar surface area (TPSA) is 394 Å². The third-order valence-corrected chi connectivity index (χ3v) is 9.50. The number of hydrogen-bond donors (Lipinski definition) is 12. The molecule has 60 heavy (non-hydrogen) atoms. The second kappa shape index (κ2) is 25.5. The highest BCUT2D eigenvalue weighted by molar-refractivity contribution is 5.99. The minimum atomic E-state index is -1.74. The van der Waals surface area contributed by atoms with Gasteiger partial charge < -0.3 is 69.5 Å². The molecule has 0 unspecified atom stereocenters. The molecule has 1 aliphatic heterocycles. The number of aliphatic hydroxyl groups is 1. The summed E-state index contributed by atoms with van der Waals surface area (Å²) in [7, 11) is 0. The van der Waals surface area contributed by atoms with Crippen LogP contribution in [0, 0.1) is 11.8 Å². The molecule has 0 aliphatic carbocycles. The molecular formula is C36H61N11O13. The number of carboxylic acids is 1. The molecule has 1 heterocycles. The van der Waals surface area contributed by atoms with Crippen LogP contribution in [-0.4, -0.2) is 149 Å². The van der Waals surface area contributed by atoms with Gasteiger partial charge in [-0.15, -0.1) is 0 Å². The first-order valence-corrected chi connectivity index (χ1v) is 19.6. The van der Waals surface area contributed by atoms with Gasteiger partial charge in [-0.1, -0.05) is 34.1 Å². The molecule has 0 bridgehead atoms. The third kappa shape index (κ3) is 17.5. The van der Waals surface area contributed by atoms with Gasteiger partial charge in [-0.05, 0) is 38.0 Å². The number of amides is 10. The van der Waals surface area contributed by atoms with Gasteiger partial charge in [-0.3, -0.25) is 52.7 Å². The van der Waals surface area contributed by atoms with Gasteiger partial charge in [0.15, 0.2) is 0 Å². The van der Waals surface area contributed by atoms with Crippen LogP contribution in [0.3, 0.4) is 0 Å². The summed E-state index contributed by atoms with van der Waals surface area (Å²) in [5, 5.41) is 35.3. The zero-order valence-electron chi connectivity index (χ0n) is 34.5. The van der Waals surface area contributed by atoms with E-state index in [1.807, 2.05) is 0 Å². The average molecular weight is 856 g/mol. The molecule has 24 nitrogen and oxygen atoms in total. The van der Waals surface area contributed by atoms with Crippen molar-refractivity contribution in [2.24, 2.45) is 29.0 Å². The van der Waals surface area contributed by atoms with E-state index in [1.54, 1.807) is 27.7 Å². The highest BCUT2D eigenvalue weighted by Gasteiger charge is 2.41. The number of nitrogens with two attached hydrogens (primary N) is 3. The average Bonchev–Trinajstić information content (AvgIpc) is 3.66. The first kappa shape index (κ1) is 52.1. The Morgan fingerprint density at radius 2 is 1.33 bits per heavy atom. The molecule has 0 aromatic heterocycles. The van der Waals surface area contributed by atoms with E-state index in [-0.39, 0.29) is 32.5 Å². The van der Waals surface area contributed by atoms with Crippen molar-refractivity contribution in [3.05, 3.63) is 0 Å². The van der Waals surface area contributed by atoms with Crippen LogP contribution in [0.25, 0.3) is 0 Å². The van der Waals surface area contributed by atoms with Gasteiger partial charge in [0.1, 0.15) is 36.3 Å². The van der Waals surface area contributed by atoms with Gasteiger partial charge in [0.05, 0.1) is 31.8 Å². The smallest absolute Gasteiger partial charge is 0.305 e. The third-order valence-electron chi connectivity index (χ3n) is 9.50. The molecule has 10 amide bonds. The van der Waals surface area contributed by atoms with Crippen molar-refractivity contribution in [2.75, 3.05) is 26.2 Å². The van der Waals surface area contributed by atoms with E-state index in [1.165, 1.54) is 6.92 Å². The van der Waals surface area contributed by atoms with Gasteiger partial charge in [-0.2, -0.15) is 0 Å². The number of rotatable bonds is 26. The summed E-state index contributed by atoms with van der Waals surface area (Å²) < 4.78 is 0. The Morgan fingerprint density at radius 3 is 1.88 bits per heavy atom. The first-order chi connectivity index (χ1) is 28.0. The van der Waals surface area contributed by atoms with Crippen LogP contribution in [0.1, 0.15) is 79.6 Å². The predicted molar refractivity (Wildman–Crippen MR) is 210 cm³/mol. The predicted octanol–water partition coefficient (Wildman–Crippen LogP) is -5.71. The summed E-state index contributed by atoms with van der Waals surface area (Å²) in [6.45, 7) is 7.39. The Hall–Kier alpha value is -5.91. The molecule has 8 atom stereocenters. The summed E-state index contributed by atoms with van der Waals surface area (Å²) in [4.78, 5) is 141. The van der Waals surface area contributed by atoms with Crippen LogP contribution in [0.4, 0.5) is 0 Å². The number of carbonyl (C=O) groups is 11. The number of nitrogens with zero attached hydrogens (tertiary/aromatic N) is 1. The molecule has 0 saturated carbocycles. The van der Waals surface area contributed by atoms with Gasteiger partial charge in [0.2, 0.25) is 59.1 Å². The number of aliphatic hydroxyl groups excluding tert-OH is 1. The highest BCUT2D eigenvalue weighted by atomic mass is 16.4. The Balaban J connectivity index is 3.13. The van der Waals surface area contributed by atoms with Crippen molar-refractivity contribution < 1.29 is 63.0 Å². The van der Waals surface area contributed by atoms with Crippen molar-refractivity contribution >= 4 is 65.0 Å². The molecule has 1 saturated heterocycles. The van der Waals surface area contributed by atoms with Crippen LogP contribution >= 0.6 is 0 Å². The summed E-state index contributed by atoms with van der Waals surface area (Å²) in [6.07, 6.45) is -1.27. The second-order valence-electron chi connectivity index (χ2n) is 14.8. The highest BCUT2D eigenvalue weighted by Crippen LogP contribution is 2.20. The number of hydrogen-bond acceptors (Lipinski definition) is 13. The van der Waals surface area contributed by atoms with E-state index in [2.05, 4.69) is 37.2 Å². The van der Waals surface area contributed by atoms with Crippen LogP contribution in [0.2, 0.25) is 0 Å². The molecule has 0 aromatic rings. The monoisotopic (exact) mass is 855 g/mol. The van der Waals surface area contributed by atoms with Crippen LogP contribution in [0.5, 0.6) is 0 Å². The molecule has 0 radical (unpaired) electrons. The number of carboxylic acid groups (broad SMARTS) is 1. The van der Waals surface area contributed by atoms with Crippen LogP contribution < -0.4 is 54.4 Å². The van der Waals surface area contributed by atoms with E-state index < -0.39 is 145 Å². The lowest BCUT2D eigenvalue weighted by Gasteiger charge is -2.31. The molecule has 338 valence electrons. The van der Waals surface area contributed by atoms with Crippen molar-refractivity contribution in [2.45, 2.75) is 122 Å². The standard InChI is InChI=1S/C36H61N11O13/c1-6-18(4)29(46-31(55)20(37)13-24(38)49)35(59)44-22(15-27(52)53)36(60)47-11-7-9-23(47)33(57)43-21(14-25(39)50)32(56)42-19(5)30(54)45-28(17(2)3)34(58)41-16-26(51)40-10-8-12-48/h17-23,28-29,48H,6-16,37H2,1-5H3,(H2,38,49)(H2,39,50)(H,40,51)(H,41,58)(H,42,56)(H,43,57)(H,44,59)(H,45,54)(H,46,55)(H,52,53)/t18-,19-,20-,21-,22-,23-,28-,29-/m0/s1. The van der Waals surface area contributed by atoms with Gasteiger partial charge in [-0.25, -0.2) is 0 Å². The minimum Gasteiger partial charge on any atom is -0.481 e. The Labute approximate surface area is 347 Å². The number of likely N-dealkylation sites (tertiary alicyclic amines) is 1. The maximum atomic E-state index is 13.8. The molecule has 1 rings (SSSR count). The lowest BCUT2D eigenvalue weighted by atomic mass is 9.97. The fourth-order valence-electron chi connectivity index (χ4n) is 5.93. The minimum absolute atomic E-state index is 0.0291. The molecule has 0 spiro atoms. The zero-order valence-corrected chi connectivity index (χ0v) is 34.5. The fraction of sp³-hybridized carbons (Fsp3) is 0.694. The van der Waals surface area contributed by atoms with E-state index in [0.29, 0.717) is 12.8 Å². The van der Waals surface area contributed by atoms with Crippen molar-refractivity contribution in [1.82, 2.24) is 42.1 Å². The van der Waals surface area contributed by atoms with Gasteiger partial charge in [0, 0.05) is 19.7 Å². The Morgan fingerprint density at radius 1 is 0.717 bits per heavy atom. The van der Waals surface area contributed by atoms with E-state index in [9.17, 15) is 57.8 Å². The first-order valence-electron chi connectivity index (χ1n) is 19.6. The maximum absolute atomic E-state index is 13.8. The fourth-order valence-corrected chi connectivity index (χ4v) is 5.93. The van der Waals surface area contributed by atoms with Crippen LogP contribution in [0.15, 0.2) is 0 Å². The molecule has 24 heteroatoms. The Kier molecular flexibility index (Phi) is 22.2. The summed E-state index contributed by atoms with van der Waals surface area (Å²) in [5.41, 5.74) is 16.2. The number of primary amides is 2. The van der Waals surface area contributed by atoms with Crippen molar-refractivity contribution in [1.29, 1.82) is 0 Å². The van der Waals surface area contributed by atoms with E-state index in [0.717, 1.165) is 4.90 Å². The largest absolute Gasteiger partial charge is 0.481 e. The number of carbonyl (C=O) groups excluding carboxylic acids is 10. The lowest BCUT2D eigenvalue weighted by Crippen LogP contribution is -2.60. The molecule has 15 N–H and O–H groups in total.